The molecule has 5 nitrogen and oxygen atoms in total. The van der Waals surface area contributed by atoms with Crippen LogP contribution >= 0.6 is 11.6 Å². The van der Waals surface area contributed by atoms with E-state index in [1.165, 1.54) is 25.3 Å². The van der Waals surface area contributed by atoms with Crippen molar-refractivity contribution in [3.05, 3.63) is 64.2 Å². The van der Waals surface area contributed by atoms with Crippen LogP contribution in [0.3, 0.4) is 0 Å². The van der Waals surface area contributed by atoms with Crippen molar-refractivity contribution in [2.45, 2.75) is 31.2 Å². The summed E-state index contributed by atoms with van der Waals surface area (Å²) in [5, 5.41) is 0.136. The molecule has 2 rings (SSSR count). The van der Waals surface area contributed by atoms with Crippen molar-refractivity contribution in [3.63, 3.8) is 0 Å². The van der Waals surface area contributed by atoms with E-state index in [1.54, 1.807) is 0 Å². The minimum absolute atomic E-state index is 0.0102. The molecule has 1 atom stereocenters. The van der Waals surface area contributed by atoms with Crippen LogP contribution in [0.15, 0.2) is 47.4 Å². The van der Waals surface area contributed by atoms with Gasteiger partial charge in [0.2, 0.25) is 10.0 Å². The monoisotopic (exact) mass is 381 g/mol. The van der Waals surface area contributed by atoms with E-state index in [1.807, 2.05) is 38.1 Å². The van der Waals surface area contributed by atoms with E-state index >= 15 is 0 Å². The number of sulfonamides is 1. The van der Waals surface area contributed by atoms with Crippen molar-refractivity contribution < 1.29 is 17.9 Å². The van der Waals surface area contributed by atoms with E-state index in [0.717, 1.165) is 11.1 Å². The van der Waals surface area contributed by atoms with Gasteiger partial charge < -0.3 is 4.74 Å². The third-order valence-corrected chi connectivity index (χ3v) is 5.72. The Morgan fingerprint density at radius 2 is 1.92 bits per heavy atom. The molecule has 0 unspecified atom stereocenters. The van der Waals surface area contributed by atoms with Crippen molar-refractivity contribution in [3.8, 4) is 0 Å². The normalized spacial score (nSPS) is 12.6. The number of ether oxygens (including phenoxy) is 1. The number of aryl methyl sites for hydroxylation is 1. The smallest absolute Gasteiger partial charge is 0.339 e. The number of benzene rings is 2. The van der Waals surface area contributed by atoms with Crippen LogP contribution in [-0.2, 0) is 14.8 Å². The number of nitrogens with one attached hydrogen (secondary N) is 1. The molecule has 0 saturated carbocycles. The molecule has 0 aliphatic heterocycles. The SMILES string of the molecule is CC[C@@H](NS(=O)(=O)c1ccc(Cl)c(C(=O)OC)c1)c1ccccc1C. The van der Waals surface area contributed by atoms with Gasteiger partial charge in [-0.1, -0.05) is 42.8 Å². The summed E-state index contributed by atoms with van der Waals surface area (Å²) in [6, 6.07) is 11.2. The van der Waals surface area contributed by atoms with Crippen LogP contribution in [0.1, 0.15) is 40.9 Å². The van der Waals surface area contributed by atoms with Crippen molar-refractivity contribution >= 4 is 27.6 Å². The topological polar surface area (TPSA) is 72.5 Å². The Labute approximate surface area is 153 Å². The van der Waals surface area contributed by atoms with Crippen LogP contribution in [0.5, 0.6) is 0 Å². The summed E-state index contributed by atoms with van der Waals surface area (Å²) in [7, 11) is -2.62. The maximum atomic E-state index is 12.8. The van der Waals surface area contributed by atoms with Gasteiger partial charge in [-0.25, -0.2) is 17.9 Å². The maximum Gasteiger partial charge on any atom is 0.339 e. The molecule has 7 heteroatoms. The fourth-order valence-electron chi connectivity index (χ4n) is 2.54. The van der Waals surface area contributed by atoms with Gasteiger partial charge in [0.05, 0.1) is 22.6 Å². The zero-order chi connectivity index (χ0) is 18.6. The summed E-state index contributed by atoms with van der Waals surface area (Å²) in [6.07, 6.45) is 0.585. The summed E-state index contributed by atoms with van der Waals surface area (Å²) in [4.78, 5) is 11.7. The maximum absolute atomic E-state index is 12.8. The van der Waals surface area contributed by atoms with Crippen molar-refractivity contribution in [2.75, 3.05) is 7.11 Å². The fourth-order valence-corrected chi connectivity index (χ4v) is 4.06. The number of rotatable bonds is 6. The zero-order valence-electron chi connectivity index (χ0n) is 14.2. The van der Waals surface area contributed by atoms with Gasteiger partial charge in [-0.3, -0.25) is 0 Å². The predicted molar refractivity (Wildman–Crippen MR) is 97.3 cm³/mol. The van der Waals surface area contributed by atoms with Gasteiger partial charge in [0.15, 0.2) is 0 Å². The van der Waals surface area contributed by atoms with Gasteiger partial charge in [-0.15, -0.1) is 0 Å². The standard InChI is InChI=1S/C18H20ClNO4S/c1-4-17(14-8-6-5-7-12(14)2)20-25(22,23)13-9-10-16(19)15(11-13)18(21)24-3/h5-11,17,20H,4H2,1-3H3/t17-/m1/s1. The van der Waals surface area contributed by atoms with Crippen LogP contribution in [0.25, 0.3) is 0 Å². The number of carbonyl (C=O) groups is 1. The molecule has 0 heterocycles. The molecular formula is C18H20ClNO4S. The second-order valence-electron chi connectivity index (χ2n) is 5.57. The van der Waals surface area contributed by atoms with E-state index in [4.69, 9.17) is 11.6 Å². The van der Waals surface area contributed by atoms with Crippen LogP contribution in [0.4, 0.5) is 0 Å². The second-order valence-corrected chi connectivity index (χ2v) is 7.69. The Morgan fingerprint density at radius 3 is 2.52 bits per heavy atom. The number of methoxy groups -OCH3 is 1. The Bertz CT molecular complexity index is 880. The van der Waals surface area contributed by atoms with Crippen molar-refractivity contribution in [1.29, 1.82) is 0 Å². The summed E-state index contributed by atoms with van der Waals surface area (Å²) in [5.74, 6) is -0.687. The molecule has 0 radical (unpaired) electrons. The molecule has 2 aromatic rings. The van der Waals surface area contributed by atoms with Crippen LogP contribution in [0, 0.1) is 6.92 Å². The first-order valence-corrected chi connectivity index (χ1v) is 9.62. The molecule has 0 saturated heterocycles. The highest BCUT2D eigenvalue weighted by Crippen LogP contribution is 2.25. The van der Waals surface area contributed by atoms with Gasteiger partial charge >= 0.3 is 5.97 Å². The molecule has 0 aliphatic carbocycles. The van der Waals surface area contributed by atoms with E-state index in [9.17, 15) is 13.2 Å². The third-order valence-electron chi connectivity index (χ3n) is 3.92. The summed E-state index contributed by atoms with van der Waals surface area (Å²) in [5.41, 5.74) is 1.93. The number of hydrogen-bond acceptors (Lipinski definition) is 4. The highest BCUT2D eigenvalue weighted by atomic mass is 35.5. The van der Waals surface area contributed by atoms with Crippen LogP contribution < -0.4 is 4.72 Å². The van der Waals surface area contributed by atoms with E-state index in [2.05, 4.69) is 9.46 Å². The Kier molecular flexibility index (Phi) is 6.21. The average Bonchev–Trinajstić information content (AvgIpc) is 2.60. The predicted octanol–water partition coefficient (Wildman–Crippen LogP) is 3.86. The van der Waals surface area contributed by atoms with Gasteiger partial charge in [-0.05, 0) is 42.7 Å². The van der Waals surface area contributed by atoms with Crippen molar-refractivity contribution in [2.24, 2.45) is 0 Å². The highest BCUT2D eigenvalue weighted by Gasteiger charge is 2.23. The quantitative estimate of drug-likeness (QED) is 0.771. The van der Waals surface area contributed by atoms with E-state index < -0.39 is 16.0 Å². The molecular weight excluding hydrogens is 362 g/mol. The minimum atomic E-state index is -3.83. The summed E-state index contributed by atoms with van der Waals surface area (Å²) in [6.45, 7) is 3.84. The van der Waals surface area contributed by atoms with E-state index in [0.29, 0.717) is 6.42 Å². The lowest BCUT2D eigenvalue weighted by Gasteiger charge is -2.19. The molecule has 2 aromatic carbocycles. The van der Waals surface area contributed by atoms with Crippen LogP contribution in [0.2, 0.25) is 5.02 Å². The van der Waals surface area contributed by atoms with Gasteiger partial charge in [-0.2, -0.15) is 0 Å². The molecule has 0 spiro atoms. The average molecular weight is 382 g/mol. The Morgan fingerprint density at radius 1 is 1.24 bits per heavy atom. The Hall–Kier alpha value is -1.89. The lowest BCUT2D eigenvalue weighted by Crippen LogP contribution is -2.29. The molecule has 0 aromatic heterocycles. The van der Waals surface area contributed by atoms with Gasteiger partial charge in [0.1, 0.15) is 0 Å². The molecule has 1 N–H and O–H groups in total. The van der Waals surface area contributed by atoms with Gasteiger partial charge in [0, 0.05) is 6.04 Å². The van der Waals surface area contributed by atoms with Crippen molar-refractivity contribution in [1.82, 2.24) is 4.72 Å². The van der Waals surface area contributed by atoms with Crippen LogP contribution in [-0.4, -0.2) is 21.5 Å². The number of hydrogen-bond donors (Lipinski definition) is 1. The zero-order valence-corrected chi connectivity index (χ0v) is 15.8. The Balaban J connectivity index is 2.38. The molecule has 25 heavy (non-hydrogen) atoms. The largest absolute Gasteiger partial charge is 0.465 e. The lowest BCUT2D eigenvalue weighted by molar-refractivity contribution is 0.0600. The first-order chi connectivity index (χ1) is 11.8. The highest BCUT2D eigenvalue weighted by molar-refractivity contribution is 7.89. The second kappa shape index (κ2) is 7.99. The van der Waals surface area contributed by atoms with Gasteiger partial charge in [0.25, 0.3) is 0 Å². The number of carbonyl (C=O) groups excluding carboxylic acids is 1. The molecule has 0 aliphatic rings. The van der Waals surface area contributed by atoms with E-state index in [-0.39, 0.29) is 21.5 Å². The molecule has 0 amide bonds. The summed E-state index contributed by atoms with van der Waals surface area (Å²) >= 11 is 5.95. The fraction of sp³-hybridized carbons (Fsp3) is 0.278. The number of halogens is 1. The lowest BCUT2D eigenvalue weighted by atomic mass is 10.0. The summed E-state index contributed by atoms with van der Waals surface area (Å²) < 4.78 is 32.8. The third kappa shape index (κ3) is 4.39. The molecule has 134 valence electrons. The molecule has 0 fully saturated rings. The molecule has 0 bridgehead atoms. The first-order valence-electron chi connectivity index (χ1n) is 7.76. The number of esters is 1. The minimum Gasteiger partial charge on any atom is -0.465 e. The first kappa shape index (κ1) is 19.4.